The zero-order valence-electron chi connectivity index (χ0n) is 7.40. The van der Waals surface area contributed by atoms with Gasteiger partial charge >= 0.3 is 0 Å². The number of fused-ring (bicyclic) bond motifs is 1. The highest BCUT2D eigenvalue weighted by molar-refractivity contribution is 5.90. The fourth-order valence-corrected chi connectivity index (χ4v) is 1.39. The topological polar surface area (TPSA) is 55.5 Å². The number of amides is 1. The van der Waals surface area contributed by atoms with Crippen molar-refractivity contribution in [3.8, 4) is 0 Å². The molecule has 1 heterocycles. The van der Waals surface area contributed by atoms with Crippen LogP contribution in [0.5, 0.6) is 0 Å². The number of alkyl halides is 1. The summed E-state index contributed by atoms with van der Waals surface area (Å²) in [4.78, 5) is 14.8. The van der Waals surface area contributed by atoms with Gasteiger partial charge in [0, 0.05) is 0 Å². The van der Waals surface area contributed by atoms with Crippen molar-refractivity contribution in [1.29, 1.82) is 0 Å². The molecule has 0 spiro atoms. The standard InChI is InChI=1S/C10H9FN2O/c11-10(9(12)14)5-7-3-1-2-4-8(7)13-6-10/h1-5H,6H2,(H2,12,14). The first-order chi connectivity index (χ1) is 6.62. The molecular weight excluding hydrogens is 183 g/mol. The van der Waals surface area contributed by atoms with Gasteiger partial charge < -0.3 is 5.73 Å². The Labute approximate surface area is 79.8 Å². The van der Waals surface area contributed by atoms with Crippen LogP contribution < -0.4 is 16.3 Å². The van der Waals surface area contributed by atoms with E-state index in [9.17, 15) is 9.18 Å². The highest BCUT2D eigenvalue weighted by atomic mass is 19.1. The molecule has 14 heavy (non-hydrogen) atoms. The van der Waals surface area contributed by atoms with Gasteiger partial charge in [0.25, 0.3) is 5.91 Å². The van der Waals surface area contributed by atoms with Crippen LogP contribution in [0.3, 0.4) is 0 Å². The Morgan fingerprint density at radius 2 is 2.21 bits per heavy atom. The second-order valence-electron chi connectivity index (χ2n) is 3.25. The van der Waals surface area contributed by atoms with E-state index in [1.807, 2.05) is 6.07 Å². The van der Waals surface area contributed by atoms with Crippen molar-refractivity contribution in [1.82, 2.24) is 0 Å². The van der Waals surface area contributed by atoms with Gasteiger partial charge in [0.15, 0.2) is 0 Å². The summed E-state index contributed by atoms with van der Waals surface area (Å²) < 4.78 is 13.8. The number of halogens is 1. The normalized spacial score (nSPS) is 24.4. The number of carbonyl (C=O) groups excluding carboxylic acids is 1. The maximum absolute atomic E-state index is 13.8. The first-order valence-corrected chi connectivity index (χ1v) is 4.23. The van der Waals surface area contributed by atoms with Crippen LogP contribution in [0.1, 0.15) is 0 Å². The van der Waals surface area contributed by atoms with E-state index in [2.05, 4.69) is 4.99 Å². The lowest BCUT2D eigenvalue weighted by Gasteiger charge is -2.17. The van der Waals surface area contributed by atoms with E-state index in [0.29, 0.717) is 10.6 Å². The average molecular weight is 192 g/mol. The van der Waals surface area contributed by atoms with Crippen LogP contribution in [0.2, 0.25) is 0 Å². The number of para-hydroxylation sites is 1. The second kappa shape index (κ2) is 2.90. The van der Waals surface area contributed by atoms with Crippen LogP contribution in [-0.2, 0) is 4.79 Å². The Morgan fingerprint density at radius 1 is 1.50 bits per heavy atom. The average Bonchev–Trinajstić information content (AvgIpc) is 2.17. The Kier molecular flexibility index (Phi) is 1.84. The molecule has 0 saturated heterocycles. The number of primary amides is 1. The molecule has 0 aliphatic carbocycles. The summed E-state index contributed by atoms with van der Waals surface area (Å²) >= 11 is 0. The van der Waals surface area contributed by atoms with E-state index in [1.54, 1.807) is 18.2 Å². The van der Waals surface area contributed by atoms with Crippen LogP contribution in [0.25, 0.3) is 6.08 Å². The maximum Gasteiger partial charge on any atom is 0.261 e. The van der Waals surface area contributed by atoms with Crippen LogP contribution >= 0.6 is 0 Å². The Hall–Kier alpha value is -1.71. The molecular formula is C10H9FN2O. The summed E-state index contributed by atoms with van der Waals surface area (Å²) in [5, 5.41) is 1.31. The van der Waals surface area contributed by atoms with Gasteiger partial charge in [-0.2, -0.15) is 0 Å². The van der Waals surface area contributed by atoms with Gasteiger partial charge in [0.1, 0.15) is 0 Å². The Balaban J connectivity index is 2.64. The van der Waals surface area contributed by atoms with Crippen molar-refractivity contribution >= 4 is 12.0 Å². The van der Waals surface area contributed by atoms with Crippen LogP contribution in [0.4, 0.5) is 4.39 Å². The predicted octanol–water partition coefficient (Wildman–Crippen LogP) is -0.706. The summed E-state index contributed by atoms with van der Waals surface area (Å²) in [7, 11) is 0. The molecule has 1 unspecified atom stereocenters. The van der Waals surface area contributed by atoms with Crippen molar-refractivity contribution in [2.75, 3.05) is 6.54 Å². The van der Waals surface area contributed by atoms with Crippen LogP contribution in [-0.4, -0.2) is 18.1 Å². The summed E-state index contributed by atoms with van der Waals surface area (Å²) in [5.74, 6) is -0.990. The van der Waals surface area contributed by atoms with Gasteiger partial charge in [-0.1, -0.05) is 18.2 Å². The molecule has 3 nitrogen and oxygen atoms in total. The minimum Gasteiger partial charge on any atom is -0.367 e. The fraction of sp³-hybridized carbons (Fsp3) is 0.200. The molecule has 1 aromatic carbocycles. The zero-order chi connectivity index (χ0) is 10.2. The number of hydrogen-bond donors (Lipinski definition) is 1. The Morgan fingerprint density at radius 3 is 2.93 bits per heavy atom. The van der Waals surface area contributed by atoms with Crippen LogP contribution in [0, 0.1) is 0 Å². The lowest BCUT2D eigenvalue weighted by Crippen LogP contribution is -2.47. The van der Waals surface area contributed by atoms with Crippen molar-refractivity contribution in [2.24, 2.45) is 10.7 Å². The smallest absolute Gasteiger partial charge is 0.261 e. The number of benzene rings is 1. The van der Waals surface area contributed by atoms with E-state index < -0.39 is 11.6 Å². The Bertz CT molecular complexity index is 497. The van der Waals surface area contributed by atoms with Gasteiger partial charge in [-0.05, 0) is 17.4 Å². The number of nitrogens with two attached hydrogens (primary N) is 1. The summed E-state index contributed by atoms with van der Waals surface area (Å²) in [6, 6.07) is 7.05. The minimum atomic E-state index is -2.13. The highest BCUT2D eigenvalue weighted by Crippen LogP contribution is 2.13. The van der Waals surface area contributed by atoms with E-state index in [-0.39, 0.29) is 6.54 Å². The third kappa shape index (κ3) is 1.28. The van der Waals surface area contributed by atoms with Gasteiger partial charge in [0.2, 0.25) is 5.67 Å². The van der Waals surface area contributed by atoms with Crippen molar-refractivity contribution < 1.29 is 9.18 Å². The van der Waals surface area contributed by atoms with Gasteiger partial charge in [-0.3, -0.25) is 9.79 Å². The highest BCUT2D eigenvalue weighted by Gasteiger charge is 2.35. The molecule has 0 aromatic heterocycles. The molecule has 1 aliphatic heterocycles. The number of rotatable bonds is 1. The molecule has 2 rings (SSSR count). The first-order valence-electron chi connectivity index (χ1n) is 4.23. The van der Waals surface area contributed by atoms with E-state index in [0.717, 1.165) is 0 Å². The lowest BCUT2D eigenvalue weighted by atomic mass is 10.0. The summed E-state index contributed by atoms with van der Waals surface area (Å²) in [5.41, 5.74) is 2.82. The molecule has 1 aromatic rings. The second-order valence-corrected chi connectivity index (χ2v) is 3.25. The van der Waals surface area contributed by atoms with E-state index in [1.165, 1.54) is 6.08 Å². The maximum atomic E-state index is 13.8. The molecule has 0 bridgehead atoms. The third-order valence-electron chi connectivity index (χ3n) is 2.21. The summed E-state index contributed by atoms with van der Waals surface area (Å²) in [6.45, 7) is -0.223. The summed E-state index contributed by atoms with van der Waals surface area (Å²) in [6.07, 6.45) is 1.23. The number of nitrogens with zero attached hydrogens (tertiary/aromatic N) is 1. The quantitative estimate of drug-likeness (QED) is 0.628. The minimum absolute atomic E-state index is 0.223. The molecule has 1 amide bonds. The van der Waals surface area contributed by atoms with Gasteiger partial charge in [-0.15, -0.1) is 0 Å². The van der Waals surface area contributed by atoms with Crippen LogP contribution in [0.15, 0.2) is 29.3 Å². The first kappa shape index (κ1) is 8.87. The van der Waals surface area contributed by atoms with Crippen molar-refractivity contribution in [3.63, 3.8) is 0 Å². The van der Waals surface area contributed by atoms with Crippen molar-refractivity contribution in [2.45, 2.75) is 5.67 Å². The molecule has 0 saturated carbocycles. The monoisotopic (exact) mass is 192 g/mol. The van der Waals surface area contributed by atoms with E-state index in [4.69, 9.17) is 5.73 Å². The lowest BCUT2D eigenvalue weighted by molar-refractivity contribution is -0.125. The number of carbonyl (C=O) groups is 1. The molecule has 2 N–H and O–H groups in total. The van der Waals surface area contributed by atoms with Crippen molar-refractivity contribution in [3.05, 3.63) is 34.8 Å². The SMILES string of the molecule is NC(=O)C1(F)C=c2ccccc2=NC1. The molecule has 0 radical (unpaired) electrons. The molecule has 0 fully saturated rings. The van der Waals surface area contributed by atoms with Gasteiger partial charge in [-0.25, -0.2) is 4.39 Å². The predicted molar refractivity (Wildman–Crippen MR) is 49.6 cm³/mol. The zero-order valence-corrected chi connectivity index (χ0v) is 7.40. The van der Waals surface area contributed by atoms with E-state index >= 15 is 0 Å². The number of hydrogen-bond acceptors (Lipinski definition) is 2. The fourth-order valence-electron chi connectivity index (χ4n) is 1.39. The molecule has 72 valence electrons. The molecule has 1 aliphatic rings. The third-order valence-corrected chi connectivity index (χ3v) is 2.21. The largest absolute Gasteiger partial charge is 0.367 e. The molecule has 1 atom stereocenters. The molecule has 4 heteroatoms. The van der Waals surface area contributed by atoms with Gasteiger partial charge in [0.05, 0.1) is 11.9 Å².